The zero-order chi connectivity index (χ0) is 13.7. The van der Waals surface area contributed by atoms with Gasteiger partial charge in [0.1, 0.15) is 0 Å². The highest BCUT2D eigenvalue weighted by Crippen LogP contribution is 2.32. The smallest absolute Gasteiger partial charge is 0.161 e. The van der Waals surface area contributed by atoms with Gasteiger partial charge in [-0.25, -0.2) is 0 Å². The summed E-state index contributed by atoms with van der Waals surface area (Å²) in [6.45, 7) is 9.21. The zero-order valence-electron chi connectivity index (χ0n) is 12.1. The van der Waals surface area contributed by atoms with E-state index in [-0.39, 0.29) is 0 Å². The fourth-order valence-electron chi connectivity index (χ4n) is 2.50. The standard InChI is InChI=1S/C15H24N2O2/c1-4-19-14-6-5-13(11-15(14)18-3)12(2)17-9-7-16-8-10-17/h5-6,11-12,16H,4,7-10H2,1-3H3/t12-/m0/s1. The number of hydrogen-bond donors (Lipinski definition) is 1. The van der Waals surface area contributed by atoms with Crippen LogP contribution in [0.2, 0.25) is 0 Å². The van der Waals surface area contributed by atoms with Crippen LogP contribution in [-0.2, 0) is 0 Å². The molecule has 1 aliphatic rings. The summed E-state index contributed by atoms with van der Waals surface area (Å²) in [5.41, 5.74) is 1.28. The summed E-state index contributed by atoms with van der Waals surface area (Å²) >= 11 is 0. The van der Waals surface area contributed by atoms with Crippen molar-refractivity contribution in [2.24, 2.45) is 0 Å². The van der Waals surface area contributed by atoms with Gasteiger partial charge in [-0.15, -0.1) is 0 Å². The number of rotatable bonds is 5. The second-order valence-corrected chi connectivity index (χ2v) is 4.81. The lowest BCUT2D eigenvalue weighted by Crippen LogP contribution is -2.44. The number of piperazine rings is 1. The van der Waals surface area contributed by atoms with Crippen molar-refractivity contribution in [2.45, 2.75) is 19.9 Å². The molecular formula is C15H24N2O2. The number of ether oxygens (including phenoxy) is 2. The summed E-state index contributed by atoms with van der Waals surface area (Å²) < 4.78 is 11.0. The SMILES string of the molecule is CCOc1ccc([C@H](C)N2CCNCC2)cc1OC. The summed E-state index contributed by atoms with van der Waals surface area (Å²) in [6.07, 6.45) is 0. The van der Waals surface area contributed by atoms with Gasteiger partial charge < -0.3 is 14.8 Å². The molecule has 1 fully saturated rings. The maximum absolute atomic E-state index is 5.56. The molecule has 1 aliphatic heterocycles. The monoisotopic (exact) mass is 264 g/mol. The third kappa shape index (κ3) is 3.39. The summed E-state index contributed by atoms with van der Waals surface area (Å²) in [6, 6.07) is 6.65. The zero-order valence-corrected chi connectivity index (χ0v) is 12.1. The van der Waals surface area contributed by atoms with Crippen molar-refractivity contribution < 1.29 is 9.47 Å². The Labute approximate surface area is 115 Å². The van der Waals surface area contributed by atoms with Crippen molar-refractivity contribution in [3.8, 4) is 11.5 Å². The Morgan fingerprint density at radius 2 is 2.00 bits per heavy atom. The Hall–Kier alpha value is -1.26. The molecule has 0 aromatic heterocycles. The highest BCUT2D eigenvalue weighted by molar-refractivity contribution is 5.43. The van der Waals surface area contributed by atoms with Gasteiger partial charge in [0.05, 0.1) is 13.7 Å². The minimum atomic E-state index is 0.409. The van der Waals surface area contributed by atoms with Crippen LogP contribution < -0.4 is 14.8 Å². The molecule has 2 rings (SSSR count). The Balaban J connectivity index is 2.14. The average Bonchev–Trinajstić information content (AvgIpc) is 2.48. The van der Waals surface area contributed by atoms with Gasteiger partial charge >= 0.3 is 0 Å². The van der Waals surface area contributed by atoms with Crippen LogP contribution in [0.5, 0.6) is 11.5 Å². The average molecular weight is 264 g/mol. The van der Waals surface area contributed by atoms with E-state index in [1.165, 1.54) is 5.56 Å². The molecule has 0 saturated carbocycles. The van der Waals surface area contributed by atoms with E-state index in [9.17, 15) is 0 Å². The third-order valence-electron chi connectivity index (χ3n) is 3.67. The number of methoxy groups -OCH3 is 1. The lowest BCUT2D eigenvalue weighted by Gasteiger charge is -2.33. The lowest BCUT2D eigenvalue weighted by molar-refractivity contribution is 0.185. The molecule has 1 atom stereocenters. The van der Waals surface area contributed by atoms with Gasteiger partial charge in [0.15, 0.2) is 11.5 Å². The van der Waals surface area contributed by atoms with E-state index in [1.807, 2.05) is 13.0 Å². The van der Waals surface area contributed by atoms with E-state index >= 15 is 0 Å². The molecule has 0 unspecified atom stereocenters. The summed E-state index contributed by atoms with van der Waals surface area (Å²) in [5.74, 6) is 1.64. The second kappa shape index (κ2) is 6.78. The van der Waals surface area contributed by atoms with E-state index in [4.69, 9.17) is 9.47 Å². The molecule has 0 bridgehead atoms. The van der Waals surface area contributed by atoms with Crippen LogP contribution in [-0.4, -0.2) is 44.8 Å². The topological polar surface area (TPSA) is 33.7 Å². The van der Waals surface area contributed by atoms with Crippen LogP contribution in [0.3, 0.4) is 0 Å². The lowest BCUT2D eigenvalue weighted by atomic mass is 10.1. The maximum Gasteiger partial charge on any atom is 0.161 e. The number of nitrogens with one attached hydrogen (secondary N) is 1. The van der Waals surface area contributed by atoms with Gasteiger partial charge in [0, 0.05) is 32.2 Å². The van der Waals surface area contributed by atoms with Crippen molar-refractivity contribution >= 4 is 0 Å². The first kappa shape index (κ1) is 14.2. The van der Waals surface area contributed by atoms with Crippen molar-refractivity contribution in [2.75, 3.05) is 39.9 Å². The first-order valence-corrected chi connectivity index (χ1v) is 7.01. The highest BCUT2D eigenvalue weighted by Gasteiger charge is 2.19. The molecule has 0 radical (unpaired) electrons. The van der Waals surface area contributed by atoms with E-state index in [0.29, 0.717) is 12.6 Å². The molecule has 106 valence electrons. The summed E-state index contributed by atoms with van der Waals surface area (Å²) in [7, 11) is 1.69. The minimum Gasteiger partial charge on any atom is -0.493 e. The van der Waals surface area contributed by atoms with E-state index < -0.39 is 0 Å². The molecule has 1 N–H and O–H groups in total. The van der Waals surface area contributed by atoms with Gasteiger partial charge in [0.2, 0.25) is 0 Å². The highest BCUT2D eigenvalue weighted by atomic mass is 16.5. The molecule has 1 aromatic rings. The fourth-order valence-corrected chi connectivity index (χ4v) is 2.50. The molecule has 0 amide bonds. The van der Waals surface area contributed by atoms with Crippen LogP contribution in [0.25, 0.3) is 0 Å². The minimum absolute atomic E-state index is 0.409. The van der Waals surface area contributed by atoms with E-state index in [0.717, 1.165) is 37.7 Å². The molecule has 19 heavy (non-hydrogen) atoms. The van der Waals surface area contributed by atoms with Gasteiger partial charge in [0.25, 0.3) is 0 Å². The summed E-state index contributed by atoms with van der Waals surface area (Å²) in [4.78, 5) is 2.49. The molecular weight excluding hydrogens is 240 g/mol. The molecule has 0 spiro atoms. The molecule has 0 aliphatic carbocycles. The van der Waals surface area contributed by atoms with Crippen LogP contribution >= 0.6 is 0 Å². The Bertz CT molecular complexity index is 403. The van der Waals surface area contributed by atoms with Crippen LogP contribution in [0.15, 0.2) is 18.2 Å². The maximum atomic E-state index is 5.56. The predicted octanol–water partition coefficient (Wildman–Crippen LogP) is 2.06. The Kier molecular flexibility index (Phi) is 5.05. The summed E-state index contributed by atoms with van der Waals surface area (Å²) in [5, 5.41) is 3.38. The second-order valence-electron chi connectivity index (χ2n) is 4.81. The van der Waals surface area contributed by atoms with Crippen molar-refractivity contribution in [3.63, 3.8) is 0 Å². The number of hydrogen-bond acceptors (Lipinski definition) is 4. The van der Waals surface area contributed by atoms with Crippen LogP contribution in [0.4, 0.5) is 0 Å². The van der Waals surface area contributed by atoms with Crippen molar-refractivity contribution in [1.29, 1.82) is 0 Å². The normalized spacial score (nSPS) is 18.1. The third-order valence-corrected chi connectivity index (χ3v) is 3.67. The Morgan fingerprint density at radius 1 is 1.26 bits per heavy atom. The quantitative estimate of drug-likeness (QED) is 0.882. The molecule has 1 aromatic carbocycles. The largest absolute Gasteiger partial charge is 0.493 e. The van der Waals surface area contributed by atoms with E-state index in [2.05, 4.69) is 29.3 Å². The van der Waals surface area contributed by atoms with Gasteiger partial charge in [-0.3, -0.25) is 4.90 Å². The number of nitrogens with zero attached hydrogens (tertiary/aromatic N) is 1. The molecule has 1 heterocycles. The van der Waals surface area contributed by atoms with Crippen LogP contribution in [0.1, 0.15) is 25.5 Å². The van der Waals surface area contributed by atoms with Crippen molar-refractivity contribution in [1.82, 2.24) is 10.2 Å². The van der Waals surface area contributed by atoms with Crippen molar-refractivity contribution in [3.05, 3.63) is 23.8 Å². The van der Waals surface area contributed by atoms with Gasteiger partial charge in [-0.05, 0) is 31.5 Å². The van der Waals surface area contributed by atoms with E-state index in [1.54, 1.807) is 7.11 Å². The van der Waals surface area contributed by atoms with Gasteiger partial charge in [-0.2, -0.15) is 0 Å². The molecule has 4 heteroatoms. The Morgan fingerprint density at radius 3 is 2.63 bits per heavy atom. The first-order chi connectivity index (χ1) is 9.26. The predicted molar refractivity (Wildman–Crippen MR) is 77.0 cm³/mol. The molecule has 4 nitrogen and oxygen atoms in total. The van der Waals surface area contributed by atoms with Gasteiger partial charge in [-0.1, -0.05) is 6.07 Å². The molecule has 1 saturated heterocycles. The number of benzene rings is 1. The fraction of sp³-hybridized carbons (Fsp3) is 0.600. The van der Waals surface area contributed by atoms with Crippen LogP contribution in [0, 0.1) is 0 Å². The first-order valence-electron chi connectivity index (χ1n) is 7.01.